The molecule has 0 atom stereocenters. The van der Waals surface area contributed by atoms with Crippen LogP contribution in [-0.2, 0) is 16.6 Å². The van der Waals surface area contributed by atoms with Gasteiger partial charge in [0.25, 0.3) is 5.91 Å². The first kappa shape index (κ1) is 24.3. The number of rotatable bonds is 6. The van der Waals surface area contributed by atoms with Gasteiger partial charge >= 0.3 is 5.97 Å². The Morgan fingerprint density at radius 3 is 2.17 bits per heavy atom. The van der Waals surface area contributed by atoms with E-state index in [0.29, 0.717) is 12.0 Å². The van der Waals surface area contributed by atoms with Gasteiger partial charge in [-0.1, -0.05) is 51.1 Å². The third-order valence-electron chi connectivity index (χ3n) is 6.38. The van der Waals surface area contributed by atoms with Gasteiger partial charge < -0.3 is 15.4 Å². The zero-order valence-electron chi connectivity index (χ0n) is 21.0. The van der Waals surface area contributed by atoms with Crippen molar-refractivity contribution in [3.8, 4) is 11.3 Å². The fourth-order valence-corrected chi connectivity index (χ4v) is 4.53. The van der Waals surface area contributed by atoms with E-state index in [-0.39, 0.29) is 17.7 Å². The number of aliphatic carboxylic acids is 1. The number of aromatic amines is 1. The van der Waals surface area contributed by atoms with Crippen molar-refractivity contribution in [1.82, 2.24) is 4.98 Å². The highest BCUT2D eigenvalue weighted by Crippen LogP contribution is 2.31. The Morgan fingerprint density at radius 2 is 1.57 bits per heavy atom. The first-order valence-corrected chi connectivity index (χ1v) is 11.9. The van der Waals surface area contributed by atoms with Gasteiger partial charge in [0.1, 0.15) is 0 Å². The Labute approximate surface area is 206 Å². The number of carboxylic acids is 1. The summed E-state index contributed by atoms with van der Waals surface area (Å²) in [5.41, 5.74) is 8.82. The SMILES string of the molecule is Cc1cc(CCC(=O)O)cc(C)c1-c1cc2ccc(C(=O)Nc3ccc(C(C)(C)C)cc3)cc2[nH]1. The van der Waals surface area contributed by atoms with Crippen molar-refractivity contribution in [1.29, 1.82) is 0 Å². The average Bonchev–Trinajstić information content (AvgIpc) is 3.19. The highest BCUT2D eigenvalue weighted by molar-refractivity contribution is 6.06. The number of aryl methyl sites for hydroxylation is 3. The molecule has 1 amide bonds. The number of H-pyrrole nitrogens is 1. The third-order valence-corrected chi connectivity index (χ3v) is 6.38. The summed E-state index contributed by atoms with van der Waals surface area (Å²) in [5, 5.41) is 13.0. The predicted molar refractivity (Wildman–Crippen MR) is 142 cm³/mol. The number of nitrogens with one attached hydrogen (secondary N) is 2. The Morgan fingerprint density at radius 1 is 0.914 bits per heavy atom. The smallest absolute Gasteiger partial charge is 0.303 e. The first-order valence-electron chi connectivity index (χ1n) is 11.9. The summed E-state index contributed by atoms with van der Waals surface area (Å²) in [4.78, 5) is 27.3. The summed E-state index contributed by atoms with van der Waals surface area (Å²) in [6.07, 6.45) is 0.636. The molecule has 0 aliphatic heterocycles. The molecule has 3 aromatic carbocycles. The first-order chi connectivity index (χ1) is 16.5. The van der Waals surface area contributed by atoms with Crippen LogP contribution in [0.4, 0.5) is 5.69 Å². The number of amides is 1. The Balaban J connectivity index is 1.57. The van der Waals surface area contributed by atoms with Crippen LogP contribution < -0.4 is 5.32 Å². The molecule has 0 saturated carbocycles. The lowest BCUT2D eigenvalue weighted by molar-refractivity contribution is -0.136. The van der Waals surface area contributed by atoms with Crippen LogP contribution in [0.15, 0.2) is 60.7 Å². The van der Waals surface area contributed by atoms with Crippen LogP contribution in [0, 0.1) is 13.8 Å². The molecule has 4 rings (SSSR count). The van der Waals surface area contributed by atoms with Crippen LogP contribution in [0.1, 0.15) is 59.8 Å². The second-order valence-electron chi connectivity index (χ2n) is 10.3. The minimum absolute atomic E-state index is 0.0639. The molecule has 0 aliphatic rings. The monoisotopic (exact) mass is 468 g/mol. The molecule has 1 heterocycles. The Hall–Kier alpha value is -3.86. The maximum absolute atomic E-state index is 12.9. The normalized spacial score (nSPS) is 11.6. The van der Waals surface area contributed by atoms with E-state index in [4.69, 9.17) is 5.11 Å². The Bertz CT molecular complexity index is 1380. The van der Waals surface area contributed by atoms with Crippen LogP contribution in [0.5, 0.6) is 0 Å². The summed E-state index contributed by atoms with van der Waals surface area (Å²) in [6, 6.07) is 19.9. The maximum Gasteiger partial charge on any atom is 0.303 e. The fraction of sp³-hybridized carbons (Fsp3) is 0.267. The van der Waals surface area contributed by atoms with Crippen LogP contribution in [-0.4, -0.2) is 22.0 Å². The zero-order valence-corrected chi connectivity index (χ0v) is 21.0. The number of carbonyl (C=O) groups is 2. The quantitative estimate of drug-likeness (QED) is 0.284. The minimum atomic E-state index is -0.790. The number of carboxylic acid groups (broad SMARTS) is 1. The number of benzene rings is 3. The molecule has 0 saturated heterocycles. The van der Waals surface area contributed by atoms with Gasteiger partial charge in [-0.05, 0) is 78.3 Å². The molecular weight excluding hydrogens is 436 g/mol. The largest absolute Gasteiger partial charge is 0.481 e. The van der Waals surface area contributed by atoms with E-state index >= 15 is 0 Å². The molecule has 0 radical (unpaired) electrons. The van der Waals surface area contributed by atoms with E-state index in [1.165, 1.54) is 5.56 Å². The Kier molecular flexibility index (Phi) is 6.53. The van der Waals surface area contributed by atoms with E-state index in [0.717, 1.165) is 44.5 Å². The van der Waals surface area contributed by atoms with E-state index in [1.807, 2.05) is 56.3 Å². The molecule has 0 spiro atoms. The van der Waals surface area contributed by atoms with Gasteiger partial charge in [-0.2, -0.15) is 0 Å². The summed E-state index contributed by atoms with van der Waals surface area (Å²) < 4.78 is 0. The van der Waals surface area contributed by atoms with Gasteiger partial charge in [-0.25, -0.2) is 0 Å². The van der Waals surface area contributed by atoms with Crippen LogP contribution >= 0.6 is 0 Å². The van der Waals surface area contributed by atoms with Crippen molar-refractivity contribution in [2.24, 2.45) is 0 Å². The van der Waals surface area contributed by atoms with Crippen molar-refractivity contribution in [2.75, 3.05) is 5.32 Å². The van der Waals surface area contributed by atoms with E-state index in [9.17, 15) is 9.59 Å². The van der Waals surface area contributed by atoms with Gasteiger partial charge in [0.2, 0.25) is 0 Å². The zero-order chi connectivity index (χ0) is 25.3. The van der Waals surface area contributed by atoms with Gasteiger partial charge in [0.15, 0.2) is 0 Å². The number of hydrogen-bond donors (Lipinski definition) is 3. The van der Waals surface area contributed by atoms with Gasteiger partial charge in [0, 0.05) is 39.8 Å². The van der Waals surface area contributed by atoms with E-state index in [2.05, 4.69) is 49.3 Å². The lowest BCUT2D eigenvalue weighted by atomic mass is 9.87. The lowest BCUT2D eigenvalue weighted by Gasteiger charge is -2.19. The molecule has 3 N–H and O–H groups in total. The second kappa shape index (κ2) is 9.41. The fourth-order valence-electron chi connectivity index (χ4n) is 4.53. The molecule has 1 aromatic heterocycles. The second-order valence-corrected chi connectivity index (χ2v) is 10.3. The molecule has 4 aromatic rings. The number of fused-ring (bicyclic) bond motifs is 1. The predicted octanol–water partition coefficient (Wildman–Crippen LogP) is 7.02. The van der Waals surface area contributed by atoms with Crippen LogP contribution in [0.3, 0.4) is 0 Å². The molecule has 35 heavy (non-hydrogen) atoms. The van der Waals surface area contributed by atoms with Crippen molar-refractivity contribution >= 4 is 28.5 Å². The molecule has 180 valence electrons. The van der Waals surface area contributed by atoms with Crippen molar-refractivity contribution in [2.45, 2.75) is 52.9 Å². The van der Waals surface area contributed by atoms with Crippen LogP contribution in [0.25, 0.3) is 22.2 Å². The van der Waals surface area contributed by atoms with E-state index in [1.54, 1.807) is 0 Å². The molecule has 5 heteroatoms. The molecule has 5 nitrogen and oxygen atoms in total. The highest BCUT2D eigenvalue weighted by Gasteiger charge is 2.15. The summed E-state index contributed by atoms with van der Waals surface area (Å²) >= 11 is 0. The highest BCUT2D eigenvalue weighted by atomic mass is 16.4. The van der Waals surface area contributed by atoms with Crippen LogP contribution in [0.2, 0.25) is 0 Å². The summed E-state index contributed by atoms with van der Waals surface area (Å²) in [5.74, 6) is -0.941. The van der Waals surface area contributed by atoms with Gasteiger partial charge in [-0.3, -0.25) is 9.59 Å². The van der Waals surface area contributed by atoms with Crippen molar-refractivity contribution in [3.63, 3.8) is 0 Å². The molecule has 0 fully saturated rings. The molecular formula is C30H32N2O3. The van der Waals surface area contributed by atoms with Crippen molar-refractivity contribution < 1.29 is 14.7 Å². The minimum Gasteiger partial charge on any atom is -0.481 e. The standard InChI is InChI=1S/C30H32N2O3/c1-18-14-20(6-13-27(33)34)15-19(2)28(18)26-16-21-7-8-22(17-25(21)32-26)29(35)31-24-11-9-23(10-12-24)30(3,4)5/h7-12,14-17,32H,6,13H2,1-5H3,(H,31,35)(H,33,34). The third kappa shape index (κ3) is 5.46. The van der Waals surface area contributed by atoms with Gasteiger partial charge in [0.05, 0.1) is 0 Å². The number of hydrogen-bond acceptors (Lipinski definition) is 2. The number of carbonyl (C=O) groups excluding carboxylic acids is 1. The molecule has 0 aliphatic carbocycles. The summed E-state index contributed by atoms with van der Waals surface area (Å²) in [6.45, 7) is 10.6. The topological polar surface area (TPSA) is 82.2 Å². The van der Waals surface area contributed by atoms with Crippen molar-refractivity contribution in [3.05, 3.63) is 88.5 Å². The van der Waals surface area contributed by atoms with Gasteiger partial charge in [-0.15, -0.1) is 0 Å². The van der Waals surface area contributed by atoms with E-state index < -0.39 is 5.97 Å². The number of anilines is 1. The molecule has 0 unspecified atom stereocenters. The number of aromatic nitrogens is 1. The molecule has 0 bridgehead atoms. The summed E-state index contributed by atoms with van der Waals surface area (Å²) in [7, 11) is 0. The lowest BCUT2D eigenvalue weighted by Crippen LogP contribution is -2.13. The maximum atomic E-state index is 12.9. The average molecular weight is 469 g/mol.